The van der Waals surface area contributed by atoms with Gasteiger partial charge in [0.25, 0.3) is 0 Å². The number of benzene rings is 1. The van der Waals surface area contributed by atoms with Crippen LogP contribution in [0.1, 0.15) is 43.6 Å². The van der Waals surface area contributed by atoms with Gasteiger partial charge >= 0.3 is 5.97 Å². The van der Waals surface area contributed by atoms with Crippen LogP contribution < -0.4 is 0 Å². The molecule has 0 heterocycles. The summed E-state index contributed by atoms with van der Waals surface area (Å²) in [6.45, 7) is 11.1. The van der Waals surface area contributed by atoms with Gasteiger partial charge in [-0.1, -0.05) is 30.9 Å². The Balaban J connectivity index is 2.74. The third-order valence-corrected chi connectivity index (χ3v) is 2.19. The molecule has 0 bridgehead atoms. The van der Waals surface area contributed by atoms with Crippen molar-refractivity contribution in [3.8, 4) is 0 Å². The second-order valence-corrected chi connectivity index (χ2v) is 4.99. The summed E-state index contributed by atoms with van der Waals surface area (Å²) in [5, 5.41) is 0. The highest BCUT2D eigenvalue weighted by molar-refractivity contribution is 5.93. The van der Waals surface area contributed by atoms with Crippen LogP contribution in [0.5, 0.6) is 0 Å². The Morgan fingerprint density at radius 1 is 1.33 bits per heavy atom. The van der Waals surface area contributed by atoms with E-state index in [1.54, 1.807) is 25.1 Å². The topological polar surface area (TPSA) is 35.5 Å². The Labute approximate surface area is 108 Å². The van der Waals surface area contributed by atoms with Crippen LogP contribution in [0.3, 0.4) is 0 Å². The largest absolute Gasteiger partial charge is 0.432 e. The minimum atomic E-state index is -0.588. The lowest BCUT2D eigenvalue weighted by Crippen LogP contribution is -2.29. The Morgan fingerprint density at radius 2 is 1.94 bits per heavy atom. The van der Waals surface area contributed by atoms with E-state index in [4.69, 9.17) is 9.47 Å². The van der Waals surface area contributed by atoms with Gasteiger partial charge in [0.1, 0.15) is 0 Å². The predicted molar refractivity (Wildman–Crippen MR) is 72.2 cm³/mol. The highest BCUT2D eigenvalue weighted by Gasteiger charge is 2.19. The van der Waals surface area contributed by atoms with Crippen LogP contribution in [0.2, 0.25) is 0 Å². The molecule has 3 heteroatoms. The fraction of sp³-hybridized carbons (Fsp3) is 0.400. The summed E-state index contributed by atoms with van der Waals surface area (Å²) in [6, 6.07) is 7.17. The van der Waals surface area contributed by atoms with Crippen LogP contribution >= 0.6 is 0 Å². The molecule has 18 heavy (non-hydrogen) atoms. The maximum Gasteiger partial charge on any atom is 0.341 e. The molecule has 1 rings (SSSR count). The van der Waals surface area contributed by atoms with Crippen molar-refractivity contribution in [1.82, 2.24) is 0 Å². The SMILES string of the molecule is C=Cc1ccccc1C(=O)OC(C)OC(C)(C)C. The van der Waals surface area contributed by atoms with Gasteiger partial charge in [0.2, 0.25) is 6.29 Å². The minimum Gasteiger partial charge on any atom is -0.432 e. The molecule has 1 unspecified atom stereocenters. The third-order valence-electron chi connectivity index (χ3n) is 2.19. The summed E-state index contributed by atoms with van der Waals surface area (Å²) in [6.07, 6.45) is 1.04. The van der Waals surface area contributed by atoms with Crippen LogP contribution in [0.4, 0.5) is 0 Å². The molecule has 0 amide bonds. The number of rotatable bonds is 4. The molecular formula is C15H20O3. The van der Waals surface area contributed by atoms with Gasteiger partial charge in [0.15, 0.2) is 0 Å². The van der Waals surface area contributed by atoms with E-state index in [0.29, 0.717) is 5.56 Å². The molecule has 0 aliphatic heterocycles. The summed E-state index contributed by atoms with van der Waals surface area (Å²) < 4.78 is 10.8. The van der Waals surface area contributed by atoms with Gasteiger partial charge in [-0.15, -0.1) is 0 Å². The molecule has 0 radical (unpaired) electrons. The monoisotopic (exact) mass is 248 g/mol. The van der Waals surface area contributed by atoms with E-state index < -0.39 is 12.3 Å². The lowest BCUT2D eigenvalue weighted by Gasteiger charge is -2.24. The predicted octanol–water partition coefficient (Wildman–Crippen LogP) is 3.65. The van der Waals surface area contributed by atoms with E-state index in [9.17, 15) is 4.79 Å². The average molecular weight is 248 g/mol. The molecule has 0 saturated carbocycles. The van der Waals surface area contributed by atoms with Gasteiger partial charge in [-0.2, -0.15) is 0 Å². The van der Waals surface area contributed by atoms with E-state index >= 15 is 0 Å². The fourth-order valence-electron chi connectivity index (χ4n) is 1.60. The number of hydrogen-bond donors (Lipinski definition) is 0. The zero-order chi connectivity index (χ0) is 13.8. The minimum absolute atomic E-state index is 0.350. The normalized spacial score (nSPS) is 12.9. The molecular weight excluding hydrogens is 228 g/mol. The lowest BCUT2D eigenvalue weighted by molar-refractivity contribution is -0.158. The Bertz CT molecular complexity index is 430. The molecule has 3 nitrogen and oxygen atoms in total. The Hall–Kier alpha value is -1.61. The zero-order valence-corrected chi connectivity index (χ0v) is 11.4. The first-order valence-electron chi connectivity index (χ1n) is 5.94. The lowest BCUT2D eigenvalue weighted by atomic mass is 10.1. The van der Waals surface area contributed by atoms with E-state index in [2.05, 4.69) is 6.58 Å². The number of esters is 1. The van der Waals surface area contributed by atoms with Crippen molar-refractivity contribution in [3.05, 3.63) is 42.0 Å². The molecule has 0 spiro atoms. The quantitative estimate of drug-likeness (QED) is 0.602. The van der Waals surface area contributed by atoms with E-state index in [0.717, 1.165) is 5.56 Å². The summed E-state index contributed by atoms with van der Waals surface area (Å²) in [7, 11) is 0. The molecule has 0 aliphatic rings. The summed E-state index contributed by atoms with van der Waals surface area (Å²) >= 11 is 0. The van der Waals surface area contributed by atoms with Crippen LogP contribution in [-0.2, 0) is 9.47 Å². The summed E-state index contributed by atoms with van der Waals surface area (Å²) in [5.41, 5.74) is 0.903. The van der Waals surface area contributed by atoms with Crippen LogP contribution in [0.25, 0.3) is 6.08 Å². The summed E-state index contributed by atoms with van der Waals surface area (Å²) in [4.78, 5) is 12.0. The molecule has 0 aliphatic carbocycles. The molecule has 1 aromatic rings. The van der Waals surface area contributed by atoms with Crippen molar-refractivity contribution in [3.63, 3.8) is 0 Å². The zero-order valence-electron chi connectivity index (χ0n) is 11.4. The van der Waals surface area contributed by atoms with Gasteiger partial charge in [0.05, 0.1) is 11.2 Å². The van der Waals surface area contributed by atoms with Crippen LogP contribution in [-0.4, -0.2) is 17.9 Å². The molecule has 0 aromatic heterocycles. The van der Waals surface area contributed by atoms with Crippen molar-refractivity contribution in [2.24, 2.45) is 0 Å². The third kappa shape index (κ3) is 4.34. The van der Waals surface area contributed by atoms with Gasteiger partial charge in [-0.25, -0.2) is 4.79 Å². The van der Waals surface area contributed by atoms with Crippen molar-refractivity contribution >= 4 is 12.0 Å². The summed E-state index contributed by atoms with van der Waals surface area (Å²) in [5.74, 6) is -0.401. The molecule has 0 saturated heterocycles. The standard InChI is InChI=1S/C15H20O3/c1-6-12-9-7-8-10-13(12)14(16)17-11(2)18-15(3,4)5/h6-11H,1H2,2-5H3. The molecule has 0 N–H and O–H groups in total. The van der Waals surface area contributed by atoms with Gasteiger partial charge in [0, 0.05) is 0 Å². The van der Waals surface area contributed by atoms with E-state index in [1.807, 2.05) is 32.9 Å². The first-order valence-corrected chi connectivity index (χ1v) is 5.94. The fourth-order valence-corrected chi connectivity index (χ4v) is 1.60. The maximum absolute atomic E-state index is 12.0. The number of carbonyl (C=O) groups excluding carboxylic acids is 1. The first kappa shape index (κ1) is 14.5. The average Bonchev–Trinajstić information content (AvgIpc) is 2.26. The van der Waals surface area contributed by atoms with Crippen molar-refractivity contribution in [2.75, 3.05) is 0 Å². The van der Waals surface area contributed by atoms with Crippen molar-refractivity contribution < 1.29 is 14.3 Å². The second-order valence-electron chi connectivity index (χ2n) is 4.99. The van der Waals surface area contributed by atoms with Gasteiger partial charge in [-0.05, 0) is 39.3 Å². The van der Waals surface area contributed by atoms with E-state index in [1.165, 1.54) is 0 Å². The van der Waals surface area contributed by atoms with Crippen LogP contribution in [0, 0.1) is 0 Å². The number of carbonyl (C=O) groups is 1. The molecule has 1 atom stereocenters. The maximum atomic E-state index is 12.0. The van der Waals surface area contributed by atoms with Gasteiger partial charge in [-0.3, -0.25) is 0 Å². The molecule has 98 valence electrons. The molecule has 0 fully saturated rings. The Morgan fingerprint density at radius 3 is 2.50 bits per heavy atom. The second kappa shape index (κ2) is 5.83. The smallest absolute Gasteiger partial charge is 0.341 e. The highest BCUT2D eigenvalue weighted by Crippen LogP contribution is 2.15. The number of hydrogen-bond acceptors (Lipinski definition) is 3. The first-order chi connectivity index (χ1) is 8.33. The van der Waals surface area contributed by atoms with E-state index in [-0.39, 0.29) is 5.60 Å². The Kier molecular flexibility index (Phi) is 4.68. The highest BCUT2D eigenvalue weighted by atomic mass is 16.7. The molecule has 1 aromatic carbocycles. The van der Waals surface area contributed by atoms with Gasteiger partial charge < -0.3 is 9.47 Å². The van der Waals surface area contributed by atoms with Crippen molar-refractivity contribution in [1.29, 1.82) is 0 Å². The number of ether oxygens (including phenoxy) is 2. The van der Waals surface area contributed by atoms with Crippen LogP contribution in [0.15, 0.2) is 30.8 Å². The van der Waals surface area contributed by atoms with Crippen molar-refractivity contribution in [2.45, 2.75) is 39.6 Å².